The monoisotopic (exact) mass is 277 g/mol. The summed E-state index contributed by atoms with van der Waals surface area (Å²) in [6.45, 7) is 6.10. The third-order valence-corrected chi connectivity index (χ3v) is 3.15. The normalized spacial score (nSPS) is 15.0. The van der Waals surface area contributed by atoms with E-state index >= 15 is 0 Å². The van der Waals surface area contributed by atoms with Crippen molar-refractivity contribution in [3.05, 3.63) is 18.0 Å². The maximum atomic E-state index is 11.9. The van der Waals surface area contributed by atoms with Crippen LogP contribution in [0.4, 0.5) is 11.4 Å². The zero-order valence-corrected chi connectivity index (χ0v) is 11.8. The average Bonchev–Trinajstić information content (AvgIpc) is 2.46. The molecule has 1 amide bonds. The number of ketones is 1. The minimum Gasteiger partial charge on any atom is -0.378 e. The molecule has 6 nitrogen and oxygen atoms in total. The highest BCUT2D eigenvalue weighted by Gasteiger charge is 2.17. The van der Waals surface area contributed by atoms with Gasteiger partial charge in [0.25, 0.3) is 0 Å². The first-order chi connectivity index (χ1) is 9.61. The number of Topliss-reactive ketones (excluding diaryl/α,β-unsaturated/α-hetero) is 1. The number of ether oxygens (including phenoxy) is 1. The van der Waals surface area contributed by atoms with E-state index in [1.807, 2.05) is 6.07 Å². The van der Waals surface area contributed by atoms with E-state index in [1.165, 1.54) is 6.92 Å². The van der Waals surface area contributed by atoms with Gasteiger partial charge in [0.1, 0.15) is 5.69 Å². The number of carbonyl (C=O) groups is 2. The van der Waals surface area contributed by atoms with Crippen molar-refractivity contribution in [2.24, 2.45) is 0 Å². The summed E-state index contributed by atoms with van der Waals surface area (Å²) in [4.78, 5) is 29.5. The minimum atomic E-state index is -0.212. The Morgan fingerprint density at radius 1 is 1.40 bits per heavy atom. The average molecular weight is 277 g/mol. The lowest BCUT2D eigenvalue weighted by molar-refractivity contribution is -0.114. The predicted octanol–water partition coefficient (Wildman–Crippen LogP) is 1.47. The van der Waals surface area contributed by atoms with Crippen LogP contribution < -0.4 is 10.2 Å². The van der Waals surface area contributed by atoms with Gasteiger partial charge in [-0.2, -0.15) is 0 Å². The number of nitrogens with one attached hydrogen (secondary N) is 1. The molecule has 0 unspecified atom stereocenters. The number of nitrogens with zero attached hydrogens (tertiary/aromatic N) is 2. The van der Waals surface area contributed by atoms with Gasteiger partial charge in [0, 0.05) is 26.4 Å². The number of amides is 1. The fraction of sp³-hybridized carbons (Fsp3) is 0.500. The SMILES string of the molecule is CCC(=O)c1ncc(N2CCOCC2)cc1NC(C)=O. The van der Waals surface area contributed by atoms with E-state index < -0.39 is 0 Å². The lowest BCUT2D eigenvalue weighted by atomic mass is 10.1. The van der Waals surface area contributed by atoms with Crippen LogP contribution in [-0.4, -0.2) is 43.0 Å². The molecule has 1 aromatic rings. The van der Waals surface area contributed by atoms with Crippen molar-refractivity contribution in [3.63, 3.8) is 0 Å². The number of carbonyl (C=O) groups excluding carboxylic acids is 2. The Hall–Kier alpha value is -1.95. The van der Waals surface area contributed by atoms with Crippen molar-refractivity contribution in [1.29, 1.82) is 0 Å². The summed E-state index contributed by atoms with van der Waals surface area (Å²) >= 11 is 0. The molecule has 2 heterocycles. The number of rotatable bonds is 4. The summed E-state index contributed by atoms with van der Waals surface area (Å²) in [5.74, 6) is -0.293. The summed E-state index contributed by atoms with van der Waals surface area (Å²) in [6, 6.07) is 1.81. The molecule has 1 fully saturated rings. The molecule has 0 saturated carbocycles. The predicted molar refractivity (Wildman–Crippen MR) is 76.2 cm³/mol. The van der Waals surface area contributed by atoms with E-state index in [0.29, 0.717) is 31.0 Å². The Labute approximate surface area is 118 Å². The largest absolute Gasteiger partial charge is 0.378 e. The molecule has 1 N–H and O–H groups in total. The Balaban J connectivity index is 2.31. The smallest absolute Gasteiger partial charge is 0.221 e. The van der Waals surface area contributed by atoms with Crippen LogP contribution >= 0.6 is 0 Å². The lowest BCUT2D eigenvalue weighted by Gasteiger charge is -2.29. The number of pyridine rings is 1. The molecule has 1 saturated heterocycles. The molecule has 0 aliphatic carbocycles. The van der Waals surface area contributed by atoms with E-state index in [-0.39, 0.29) is 11.7 Å². The van der Waals surface area contributed by atoms with E-state index in [0.717, 1.165) is 18.8 Å². The zero-order chi connectivity index (χ0) is 14.5. The molecule has 0 radical (unpaired) electrons. The van der Waals surface area contributed by atoms with Crippen molar-refractivity contribution in [3.8, 4) is 0 Å². The van der Waals surface area contributed by atoms with Crippen LogP contribution in [0.15, 0.2) is 12.3 Å². The number of aromatic nitrogens is 1. The van der Waals surface area contributed by atoms with Gasteiger partial charge in [-0.05, 0) is 6.07 Å². The molecule has 2 rings (SSSR count). The number of hydrogen-bond acceptors (Lipinski definition) is 5. The van der Waals surface area contributed by atoms with Crippen LogP contribution in [0.1, 0.15) is 30.8 Å². The van der Waals surface area contributed by atoms with Crippen LogP contribution in [0, 0.1) is 0 Å². The Bertz CT molecular complexity index is 510. The Kier molecular flexibility index (Phi) is 4.68. The van der Waals surface area contributed by atoms with E-state index in [1.54, 1.807) is 13.1 Å². The second-order valence-corrected chi connectivity index (χ2v) is 4.65. The van der Waals surface area contributed by atoms with Gasteiger partial charge in [-0.25, -0.2) is 4.98 Å². The first-order valence-electron chi connectivity index (χ1n) is 6.75. The zero-order valence-electron chi connectivity index (χ0n) is 11.8. The molecule has 20 heavy (non-hydrogen) atoms. The van der Waals surface area contributed by atoms with Gasteiger partial charge in [0.2, 0.25) is 5.91 Å². The summed E-state index contributed by atoms with van der Waals surface area (Å²) in [5, 5.41) is 2.69. The molecule has 1 aromatic heterocycles. The first-order valence-corrected chi connectivity index (χ1v) is 6.75. The van der Waals surface area contributed by atoms with Crippen LogP contribution in [0.2, 0.25) is 0 Å². The molecule has 0 bridgehead atoms. The third kappa shape index (κ3) is 3.33. The molecule has 1 aliphatic rings. The van der Waals surface area contributed by atoms with Crippen molar-refractivity contribution >= 4 is 23.1 Å². The fourth-order valence-electron chi connectivity index (χ4n) is 2.12. The summed E-state index contributed by atoms with van der Waals surface area (Å²) in [7, 11) is 0. The maximum Gasteiger partial charge on any atom is 0.221 e. The third-order valence-electron chi connectivity index (χ3n) is 3.15. The molecular formula is C14H19N3O3. The van der Waals surface area contributed by atoms with Gasteiger partial charge in [-0.1, -0.05) is 6.92 Å². The van der Waals surface area contributed by atoms with E-state index in [4.69, 9.17) is 4.74 Å². The first kappa shape index (κ1) is 14.5. The molecule has 0 spiro atoms. The second-order valence-electron chi connectivity index (χ2n) is 4.65. The van der Waals surface area contributed by atoms with Gasteiger partial charge >= 0.3 is 0 Å². The van der Waals surface area contributed by atoms with Gasteiger partial charge in [-0.3, -0.25) is 9.59 Å². The van der Waals surface area contributed by atoms with Crippen LogP contribution in [0.5, 0.6) is 0 Å². The van der Waals surface area contributed by atoms with Crippen LogP contribution in [0.3, 0.4) is 0 Å². The number of hydrogen-bond donors (Lipinski definition) is 1. The van der Waals surface area contributed by atoms with E-state index in [9.17, 15) is 9.59 Å². The van der Waals surface area contributed by atoms with Crippen molar-refractivity contribution in [2.75, 3.05) is 36.5 Å². The quantitative estimate of drug-likeness (QED) is 0.844. The summed E-state index contributed by atoms with van der Waals surface area (Å²) in [5.41, 5.74) is 1.69. The topological polar surface area (TPSA) is 71.5 Å². The summed E-state index contributed by atoms with van der Waals surface area (Å²) < 4.78 is 5.31. The molecule has 0 atom stereocenters. The highest BCUT2D eigenvalue weighted by molar-refractivity contribution is 6.03. The van der Waals surface area contributed by atoms with Crippen LogP contribution in [0.25, 0.3) is 0 Å². The highest BCUT2D eigenvalue weighted by atomic mass is 16.5. The van der Waals surface area contributed by atoms with Crippen molar-refractivity contribution < 1.29 is 14.3 Å². The lowest BCUT2D eigenvalue weighted by Crippen LogP contribution is -2.36. The number of morpholine rings is 1. The number of anilines is 2. The Morgan fingerprint density at radius 3 is 2.70 bits per heavy atom. The highest BCUT2D eigenvalue weighted by Crippen LogP contribution is 2.23. The molecule has 6 heteroatoms. The van der Waals surface area contributed by atoms with Gasteiger partial charge in [0.15, 0.2) is 5.78 Å². The molecule has 0 aromatic carbocycles. The minimum absolute atomic E-state index is 0.0812. The Morgan fingerprint density at radius 2 is 2.10 bits per heavy atom. The van der Waals surface area contributed by atoms with Gasteiger partial charge in [0.05, 0.1) is 30.8 Å². The second kappa shape index (κ2) is 6.47. The molecular weight excluding hydrogens is 258 g/mol. The van der Waals surface area contributed by atoms with Crippen molar-refractivity contribution in [1.82, 2.24) is 4.98 Å². The maximum absolute atomic E-state index is 11.9. The molecule has 1 aliphatic heterocycles. The van der Waals surface area contributed by atoms with Gasteiger partial charge < -0.3 is 15.0 Å². The fourth-order valence-corrected chi connectivity index (χ4v) is 2.12. The summed E-state index contributed by atoms with van der Waals surface area (Å²) in [6.07, 6.45) is 2.04. The van der Waals surface area contributed by atoms with Gasteiger partial charge in [-0.15, -0.1) is 0 Å². The standard InChI is InChI=1S/C14H19N3O3/c1-3-13(19)14-12(16-10(2)18)8-11(9-15-14)17-4-6-20-7-5-17/h8-9H,3-7H2,1-2H3,(H,16,18). The molecule has 108 valence electrons. The van der Waals surface area contributed by atoms with Crippen LogP contribution in [-0.2, 0) is 9.53 Å². The van der Waals surface area contributed by atoms with E-state index in [2.05, 4.69) is 15.2 Å². The van der Waals surface area contributed by atoms with Crippen molar-refractivity contribution in [2.45, 2.75) is 20.3 Å².